The monoisotopic (exact) mass is 435 g/mol. The molecule has 0 aliphatic carbocycles. The summed E-state index contributed by atoms with van der Waals surface area (Å²) in [4.78, 5) is 20.7. The molecule has 4 aromatic rings. The van der Waals surface area contributed by atoms with Crippen LogP contribution in [-0.4, -0.2) is 22.4 Å². The lowest BCUT2D eigenvalue weighted by Crippen LogP contribution is -2.34. The van der Waals surface area contributed by atoms with Crippen LogP contribution in [0, 0.1) is 18.3 Å². The van der Waals surface area contributed by atoms with Gasteiger partial charge in [-0.25, -0.2) is 4.98 Å². The summed E-state index contributed by atoms with van der Waals surface area (Å²) in [6.45, 7) is 2.58. The summed E-state index contributed by atoms with van der Waals surface area (Å²) >= 11 is 0. The van der Waals surface area contributed by atoms with Gasteiger partial charge in [-0.05, 0) is 60.9 Å². The molecule has 1 atom stereocenters. The van der Waals surface area contributed by atoms with Crippen LogP contribution < -0.4 is 10.6 Å². The Morgan fingerprint density at radius 1 is 1.03 bits per heavy atom. The normalized spacial score (nSPS) is 11.5. The molecule has 0 radical (unpaired) electrons. The van der Waals surface area contributed by atoms with Crippen molar-refractivity contribution in [3.8, 4) is 17.5 Å². The first-order valence-corrected chi connectivity index (χ1v) is 10.8. The third-order valence-corrected chi connectivity index (χ3v) is 5.37. The second-order valence-corrected chi connectivity index (χ2v) is 7.84. The number of nitriles is 1. The highest BCUT2D eigenvalue weighted by Crippen LogP contribution is 2.21. The molecule has 0 spiro atoms. The van der Waals surface area contributed by atoms with E-state index in [1.165, 1.54) is 0 Å². The maximum atomic E-state index is 13.2. The lowest BCUT2D eigenvalue weighted by molar-refractivity contribution is -0.118. The van der Waals surface area contributed by atoms with Crippen LogP contribution in [0.3, 0.4) is 0 Å². The smallest absolute Gasteiger partial charge is 0.246 e. The van der Waals surface area contributed by atoms with Gasteiger partial charge >= 0.3 is 0 Å². The molecule has 1 aromatic heterocycles. The van der Waals surface area contributed by atoms with Crippen LogP contribution in [-0.2, 0) is 11.2 Å². The number of carbonyl (C=O) groups is 1. The first-order chi connectivity index (χ1) is 16.1. The van der Waals surface area contributed by atoms with Gasteiger partial charge in [-0.1, -0.05) is 42.5 Å². The minimum atomic E-state index is -0.489. The number of imidazole rings is 1. The molecule has 6 nitrogen and oxygen atoms in total. The van der Waals surface area contributed by atoms with Crippen molar-refractivity contribution in [1.82, 2.24) is 15.3 Å². The Morgan fingerprint density at radius 2 is 1.76 bits per heavy atom. The number of anilines is 1. The maximum Gasteiger partial charge on any atom is 0.246 e. The third kappa shape index (κ3) is 5.73. The van der Waals surface area contributed by atoms with Gasteiger partial charge in [0.15, 0.2) is 0 Å². The van der Waals surface area contributed by atoms with E-state index >= 15 is 0 Å². The summed E-state index contributed by atoms with van der Waals surface area (Å²) in [6.07, 6.45) is 2.54. The molecule has 6 heteroatoms. The molecule has 1 heterocycles. The summed E-state index contributed by atoms with van der Waals surface area (Å²) < 4.78 is 0. The highest BCUT2D eigenvalue weighted by atomic mass is 16.2. The molecule has 3 N–H and O–H groups in total. The van der Waals surface area contributed by atoms with E-state index in [4.69, 9.17) is 5.26 Å². The second-order valence-electron chi connectivity index (χ2n) is 7.84. The van der Waals surface area contributed by atoms with Gasteiger partial charge in [0.25, 0.3) is 0 Å². The maximum absolute atomic E-state index is 13.2. The minimum absolute atomic E-state index is 0.123. The predicted molar refractivity (Wildman–Crippen MR) is 129 cm³/mol. The molecule has 1 amide bonds. The summed E-state index contributed by atoms with van der Waals surface area (Å²) in [5.74, 6) is 0.680. The standard InChI is InChI=1S/C27H25N5O/c1-19-18-30-26(31-19)23-11-13-24(14-12-23)32-27(33)25(22-5-3-2-4-6-22)29-16-15-20-7-9-21(17-28)10-8-20/h2-14,18,25,29H,15-16H2,1H3,(H,30,31)(H,32,33)/t25-/m1/s1. The fourth-order valence-corrected chi connectivity index (χ4v) is 3.60. The number of nitrogens with zero attached hydrogens (tertiary/aromatic N) is 2. The molecule has 4 rings (SSSR count). The van der Waals surface area contributed by atoms with E-state index in [0.717, 1.165) is 40.3 Å². The third-order valence-electron chi connectivity index (χ3n) is 5.37. The van der Waals surface area contributed by atoms with E-state index in [2.05, 4.69) is 26.7 Å². The number of aryl methyl sites for hydroxylation is 1. The zero-order valence-corrected chi connectivity index (χ0v) is 18.4. The summed E-state index contributed by atoms with van der Waals surface area (Å²) in [5.41, 5.74) is 5.33. The van der Waals surface area contributed by atoms with Crippen LogP contribution in [0.5, 0.6) is 0 Å². The number of carbonyl (C=O) groups excluding carboxylic acids is 1. The number of aromatic amines is 1. The Hall–Kier alpha value is -4.21. The number of nitrogens with one attached hydrogen (secondary N) is 3. The van der Waals surface area contributed by atoms with Crippen LogP contribution >= 0.6 is 0 Å². The number of hydrogen-bond donors (Lipinski definition) is 3. The number of benzene rings is 3. The molecule has 0 unspecified atom stereocenters. The molecular weight excluding hydrogens is 410 g/mol. The SMILES string of the molecule is Cc1cnc(-c2ccc(NC(=O)[C@H](NCCc3ccc(C#N)cc3)c3ccccc3)cc2)[nH]1. The molecule has 0 fully saturated rings. The molecule has 0 aliphatic rings. The van der Waals surface area contributed by atoms with Crippen molar-refractivity contribution in [3.05, 3.63) is 107 Å². The number of hydrogen-bond acceptors (Lipinski definition) is 4. The van der Waals surface area contributed by atoms with Crippen LogP contribution in [0.25, 0.3) is 11.4 Å². The van der Waals surface area contributed by atoms with Crippen LogP contribution in [0.15, 0.2) is 85.1 Å². The Morgan fingerprint density at radius 3 is 2.39 bits per heavy atom. The van der Waals surface area contributed by atoms with Gasteiger partial charge in [-0.2, -0.15) is 5.26 Å². The lowest BCUT2D eigenvalue weighted by Gasteiger charge is -2.19. The molecule has 0 bridgehead atoms. The molecule has 0 saturated heterocycles. The Labute approximate surface area is 193 Å². The molecular formula is C27H25N5O. The van der Waals surface area contributed by atoms with Crippen molar-refractivity contribution < 1.29 is 4.79 Å². The largest absolute Gasteiger partial charge is 0.342 e. The summed E-state index contributed by atoms with van der Waals surface area (Å²) in [6, 6.07) is 26.5. The highest BCUT2D eigenvalue weighted by Gasteiger charge is 2.20. The van der Waals surface area contributed by atoms with Crippen molar-refractivity contribution in [1.29, 1.82) is 5.26 Å². The van der Waals surface area contributed by atoms with Crippen molar-refractivity contribution >= 4 is 11.6 Å². The van der Waals surface area contributed by atoms with Gasteiger partial charge in [0, 0.05) is 29.7 Å². The van der Waals surface area contributed by atoms with E-state index in [9.17, 15) is 4.79 Å². The zero-order chi connectivity index (χ0) is 23.0. The van der Waals surface area contributed by atoms with Crippen LogP contribution in [0.2, 0.25) is 0 Å². The second kappa shape index (κ2) is 10.4. The molecule has 3 aromatic carbocycles. The van der Waals surface area contributed by atoms with E-state index < -0.39 is 6.04 Å². The molecule has 33 heavy (non-hydrogen) atoms. The zero-order valence-electron chi connectivity index (χ0n) is 18.4. The molecule has 164 valence electrons. The Balaban J connectivity index is 1.42. The summed E-state index contributed by atoms with van der Waals surface area (Å²) in [7, 11) is 0. The highest BCUT2D eigenvalue weighted by molar-refractivity contribution is 5.95. The van der Waals surface area contributed by atoms with Crippen molar-refractivity contribution in [3.63, 3.8) is 0 Å². The van der Waals surface area contributed by atoms with Gasteiger partial charge in [-0.15, -0.1) is 0 Å². The molecule has 0 saturated carbocycles. The van der Waals surface area contributed by atoms with Crippen LogP contribution in [0.4, 0.5) is 5.69 Å². The number of H-pyrrole nitrogens is 1. The van der Waals surface area contributed by atoms with Crippen molar-refractivity contribution in [2.75, 3.05) is 11.9 Å². The van der Waals surface area contributed by atoms with E-state index in [1.807, 2.05) is 85.8 Å². The van der Waals surface area contributed by atoms with E-state index in [1.54, 1.807) is 6.20 Å². The summed E-state index contributed by atoms with van der Waals surface area (Å²) in [5, 5.41) is 15.3. The van der Waals surface area contributed by atoms with E-state index in [-0.39, 0.29) is 5.91 Å². The number of amides is 1. The van der Waals surface area contributed by atoms with Crippen LogP contribution in [0.1, 0.15) is 28.4 Å². The average Bonchev–Trinajstić information content (AvgIpc) is 3.29. The van der Waals surface area contributed by atoms with Crippen molar-refractivity contribution in [2.45, 2.75) is 19.4 Å². The first-order valence-electron chi connectivity index (χ1n) is 10.8. The predicted octanol–water partition coefficient (Wildman–Crippen LogP) is 4.77. The van der Waals surface area contributed by atoms with Gasteiger partial charge in [0.1, 0.15) is 11.9 Å². The Bertz CT molecular complexity index is 1240. The molecule has 0 aliphatic heterocycles. The van der Waals surface area contributed by atoms with Crippen molar-refractivity contribution in [2.24, 2.45) is 0 Å². The fraction of sp³-hybridized carbons (Fsp3) is 0.148. The quantitative estimate of drug-likeness (QED) is 0.372. The van der Waals surface area contributed by atoms with Gasteiger partial charge < -0.3 is 15.6 Å². The fourth-order valence-electron chi connectivity index (χ4n) is 3.60. The average molecular weight is 436 g/mol. The number of rotatable bonds is 8. The van der Waals surface area contributed by atoms with Gasteiger partial charge in [0.2, 0.25) is 5.91 Å². The van der Waals surface area contributed by atoms with E-state index in [0.29, 0.717) is 12.1 Å². The topological polar surface area (TPSA) is 93.6 Å². The van der Waals surface area contributed by atoms with Gasteiger partial charge in [0.05, 0.1) is 11.6 Å². The lowest BCUT2D eigenvalue weighted by atomic mass is 10.0. The van der Waals surface area contributed by atoms with Gasteiger partial charge in [-0.3, -0.25) is 4.79 Å². The first kappa shape index (κ1) is 22.0. The Kier molecular flexibility index (Phi) is 6.93. The number of aromatic nitrogens is 2. The minimum Gasteiger partial charge on any atom is -0.342 e.